The highest BCUT2D eigenvalue weighted by atomic mass is 32.2. The highest BCUT2D eigenvalue weighted by molar-refractivity contribution is 8.06. The van der Waals surface area contributed by atoms with Gasteiger partial charge in [0, 0.05) is 34.3 Å². The maximum absolute atomic E-state index is 10.3. The largest absolute Gasteiger partial charge is 0.354 e. The lowest BCUT2D eigenvalue weighted by Gasteiger charge is -2.11. The van der Waals surface area contributed by atoms with Crippen molar-refractivity contribution in [3.05, 3.63) is 65.7 Å². The van der Waals surface area contributed by atoms with Gasteiger partial charge in [-0.1, -0.05) is 55.3 Å². The first-order valence-electron chi connectivity index (χ1n) is 6.47. The van der Waals surface area contributed by atoms with Crippen LogP contribution in [0.25, 0.3) is 11.4 Å². The fourth-order valence-corrected chi connectivity index (χ4v) is 2.67. The van der Waals surface area contributed by atoms with E-state index >= 15 is 0 Å². The maximum atomic E-state index is 10.3. The lowest BCUT2D eigenvalue weighted by atomic mass is 10.2. The van der Waals surface area contributed by atoms with E-state index in [4.69, 9.17) is 0 Å². The van der Waals surface area contributed by atoms with Gasteiger partial charge in [0.2, 0.25) is 6.41 Å². The summed E-state index contributed by atoms with van der Waals surface area (Å²) in [6.07, 6.45) is 4.38. The maximum Gasteiger partial charge on any atom is 0.207 e. The van der Waals surface area contributed by atoms with Crippen molar-refractivity contribution in [2.75, 3.05) is 6.54 Å². The van der Waals surface area contributed by atoms with Gasteiger partial charge in [-0.3, -0.25) is 4.79 Å². The number of imidazole rings is 1. The van der Waals surface area contributed by atoms with Gasteiger partial charge in [0.15, 0.2) is 0 Å². The number of allylic oxidation sites excluding steroid dienone is 1. The van der Waals surface area contributed by atoms with Crippen LogP contribution in [0, 0.1) is 0 Å². The first-order valence-corrected chi connectivity index (χ1v) is 7.29. The van der Waals surface area contributed by atoms with E-state index < -0.39 is 0 Å². The van der Waals surface area contributed by atoms with Gasteiger partial charge < -0.3 is 9.88 Å². The number of nitrogens with zero attached hydrogens (tertiary/aromatic N) is 2. The summed E-state index contributed by atoms with van der Waals surface area (Å²) >= 11 is 1.48. The molecular formula is C16H17N3OS. The average Bonchev–Trinajstić information content (AvgIpc) is 2.94. The molecule has 0 aliphatic rings. The van der Waals surface area contributed by atoms with Crippen molar-refractivity contribution in [1.29, 1.82) is 0 Å². The molecular weight excluding hydrogens is 282 g/mol. The molecule has 108 valence electrons. The minimum atomic E-state index is 0.447. The zero-order valence-electron chi connectivity index (χ0n) is 11.7. The molecule has 2 rings (SSSR count). The Morgan fingerprint density at radius 2 is 2.05 bits per heavy atom. The van der Waals surface area contributed by atoms with Crippen LogP contribution >= 0.6 is 11.8 Å². The van der Waals surface area contributed by atoms with Crippen molar-refractivity contribution in [2.45, 2.75) is 6.54 Å². The molecule has 0 bridgehead atoms. The van der Waals surface area contributed by atoms with Gasteiger partial charge in [0.05, 0.1) is 6.54 Å². The molecule has 0 radical (unpaired) electrons. The van der Waals surface area contributed by atoms with Gasteiger partial charge >= 0.3 is 0 Å². The van der Waals surface area contributed by atoms with Crippen LogP contribution in [0.15, 0.2) is 65.7 Å². The molecule has 1 amide bonds. The van der Waals surface area contributed by atoms with Crippen molar-refractivity contribution >= 4 is 18.2 Å². The molecule has 0 spiro atoms. The minimum Gasteiger partial charge on any atom is -0.354 e. The topological polar surface area (TPSA) is 46.9 Å². The quantitative estimate of drug-likeness (QED) is 0.762. The van der Waals surface area contributed by atoms with E-state index in [1.165, 1.54) is 11.8 Å². The van der Waals surface area contributed by atoms with Crippen molar-refractivity contribution < 1.29 is 4.79 Å². The highest BCUT2D eigenvalue weighted by Crippen LogP contribution is 2.25. The minimum absolute atomic E-state index is 0.447. The zero-order valence-corrected chi connectivity index (χ0v) is 12.5. The van der Waals surface area contributed by atoms with Crippen molar-refractivity contribution in [3.63, 3.8) is 0 Å². The van der Waals surface area contributed by atoms with E-state index in [1.54, 1.807) is 6.20 Å². The van der Waals surface area contributed by atoms with Gasteiger partial charge in [-0.2, -0.15) is 0 Å². The van der Waals surface area contributed by atoms with Gasteiger partial charge in [-0.25, -0.2) is 4.98 Å². The van der Waals surface area contributed by atoms with E-state index in [-0.39, 0.29) is 0 Å². The fourth-order valence-electron chi connectivity index (χ4n) is 1.90. The van der Waals surface area contributed by atoms with E-state index in [2.05, 4.69) is 23.5 Å². The first kappa shape index (κ1) is 15.1. The van der Waals surface area contributed by atoms with Crippen LogP contribution in [0.1, 0.15) is 0 Å². The lowest BCUT2D eigenvalue weighted by molar-refractivity contribution is -0.109. The van der Waals surface area contributed by atoms with E-state index in [9.17, 15) is 4.79 Å². The van der Waals surface area contributed by atoms with Gasteiger partial charge in [-0.05, 0) is 0 Å². The number of carbonyl (C=O) groups excluding carboxylic acids is 1. The second-order valence-corrected chi connectivity index (χ2v) is 5.78. The molecule has 21 heavy (non-hydrogen) atoms. The van der Waals surface area contributed by atoms with Gasteiger partial charge in [-0.15, -0.1) is 0 Å². The SMILES string of the molecule is C=C(CNC=O)SC(=C)Cn1ccnc1-c1ccccc1. The standard InChI is InChI=1S/C16H17N3OS/c1-13(10-17-12-20)21-14(2)11-19-9-8-18-16(19)15-6-4-3-5-7-15/h3-9,12H,1-2,10-11H2,(H,17,20). The Balaban J connectivity index is 2.01. The summed E-state index contributed by atoms with van der Waals surface area (Å²) in [5, 5.41) is 2.59. The van der Waals surface area contributed by atoms with Crippen molar-refractivity contribution in [1.82, 2.24) is 14.9 Å². The second kappa shape index (κ2) is 7.50. The average molecular weight is 299 g/mol. The molecule has 0 aliphatic heterocycles. The summed E-state index contributed by atoms with van der Waals surface area (Å²) in [6.45, 7) is 9.04. The Kier molecular flexibility index (Phi) is 5.40. The molecule has 1 N–H and O–H groups in total. The predicted molar refractivity (Wildman–Crippen MR) is 87.6 cm³/mol. The lowest BCUT2D eigenvalue weighted by Crippen LogP contribution is -2.12. The summed E-state index contributed by atoms with van der Waals surface area (Å²) in [5.74, 6) is 0.911. The summed E-state index contributed by atoms with van der Waals surface area (Å²) in [6, 6.07) is 10.0. The monoisotopic (exact) mass is 299 g/mol. The van der Waals surface area contributed by atoms with Crippen LogP contribution in [-0.2, 0) is 11.3 Å². The third-order valence-corrected chi connectivity index (χ3v) is 3.62. The van der Waals surface area contributed by atoms with E-state index in [0.717, 1.165) is 21.2 Å². The number of benzene rings is 1. The van der Waals surface area contributed by atoms with Crippen LogP contribution in [-0.4, -0.2) is 22.5 Å². The first-order chi connectivity index (χ1) is 10.2. The summed E-state index contributed by atoms with van der Waals surface area (Å²) in [4.78, 5) is 16.5. The smallest absolute Gasteiger partial charge is 0.207 e. The Morgan fingerprint density at radius 1 is 1.29 bits per heavy atom. The zero-order chi connectivity index (χ0) is 15.1. The number of amides is 1. The van der Waals surface area contributed by atoms with Crippen LogP contribution in [0.5, 0.6) is 0 Å². The molecule has 0 fully saturated rings. The van der Waals surface area contributed by atoms with Crippen LogP contribution in [0.3, 0.4) is 0 Å². The fraction of sp³-hybridized carbons (Fsp3) is 0.125. The molecule has 0 saturated carbocycles. The number of thioether (sulfide) groups is 1. The Hall–Kier alpha value is -2.27. The Bertz CT molecular complexity index is 634. The third kappa shape index (κ3) is 4.36. The molecule has 0 unspecified atom stereocenters. The molecule has 1 aromatic heterocycles. The summed E-state index contributed by atoms with van der Waals surface area (Å²) in [5.41, 5.74) is 1.07. The van der Waals surface area contributed by atoms with Gasteiger partial charge in [0.25, 0.3) is 0 Å². The number of carbonyl (C=O) groups is 1. The molecule has 0 aliphatic carbocycles. The van der Waals surface area contributed by atoms with E-state index in [0.29, 0.717) is 19.5 Å². The number of aromatic nitrogens is 2. The van der Waals surface area contributed by atoms with Crippen molar-refractivity contribution in [3.8, 4) is 11.4 Å². The molecule has 1 heterocycles. The van der Waals surface area contributed by atoms with Crippen molar-refractivity contribution in [2.24, 2.45) is 0 Å². The molecule has 2 aromatic rings. The molecule has 4 nitrogen and oxygen atoms in total. The van der Waals surface area contributed by atoms with Crippen LogP contribution in [0.2, 0.25) is 0 Å². The normalized spacial score (nSPS) is 10.1. The number of nitrogens with one attached hydrogen (secondary N) is 1. The molecule has 0 saturated heterocycles. The number of hydrogen-bond donors (Lipinski definition) is 1. The van der Waals surface area contributed by atoms with Gasteiger partial charge in [0.1, 0.15) is 5.82 Å². The third-order valence-electron chi connectivity index (χ3n) is 2.77. The summed E-state index contributed by atoms with van der Waals surface area (Å²) < 4.78 is 2.05. The summed E-state index contributed by atoms with van der Waals surface area (Å²) in [7, 11) is 0. The number of hydrogen-bond acceptors (Lipinski definition) is 3. The van der Waals surface area contributed by atoms with Crippen LogP contribution in [0.4, 0.5) is 0 Å². The Labute approximate surface area is 128 Å². The predicted octanol–water partition coefficient (Wildman–Crippen LogP) is 3.06. The van der Waals surface area contributed by atoms with E-state index in [1.807, 2.05) is 41.1 Å². The molecule has 5 heteroatoms. The molecule has 1 aromatic carbocycles. The highest BCUT2D eigenvalue weighted by Gasteiger charge is 2.07. The second-order valence-electron chi connectivity index (χ2n) is 4.42. The molecule has 0 atom stereocenters. The number of rotatable bonds is 8. The van der Waals surface area contributed by atoms with Crippen LogP contribution < -0.4 is 5.32 Å². The Morgan fingerprint density at radius 3 is 2.76 bits per heavy atom.